The summed E-state index contributed by atoms with van der Waals surface area (Å²) in [6, 6.07) is 5.52. The van der Waals surface area contributed by atoms with Crippen molar-refractivity contribution >= 4 is 22.1 Å². The van der Waals surface area contributed by atoms with Gasteiger partial charge in [-0.3, -0.25) is 14.3 Å². The minimum absolute atomic E-state index is 0.0544. The van der Waals surface area contributed by atoms with Crippen molar-refractivity contribution in [3.8, 4) is 5.75 Å². The number of methoxy groups -OCH3 is 1. The zero-order valence-electron chi connectivity index (χ0n) is 20.6. The van der Waals surface area contributed by atoms with E-state index in [1.54, 1.807) is 17.7 Å². The second-order valence-corrected chi connectivity index (χ2v) is 9.11. The Morgan fingerprint density at radius 3 is 2.64 bits per heavy atom. The summed E-state index contributed by atoms with van der Waals surface area (Å²) in [4.78, 5) is 44.7. The SMILES string of the molecule is CCCn1c(=O)[nH]c(=O)c2c1nc(COc1ccc3c4c(c(=O)oc3c1)CCCCC4)n2CCOC. The van der Waals surface area contributed by atoms with Gasteiger partial charge in [0.05, 0.1) is 6.61 Å². The minimum atomic E-state index is -0.495. The number of nitrogens with zero attached hydrogens (tertiary/aromatic N) is 3. The first-order valence-corrected chi connectivity index (χ1v) is 12.4. The summed E-state index contributed by atoms with van der Waals surface area (Å²) in [5, 5.41) is 0.946. The average molecular weight is 495 g/mol. The van der Waals surface area contributed by atoms with Crippen LogP contribution in [0.5, 0.6) is 5.75 Å². The van der Waals surface area contributed by atoms with E-state index in [1.165, 1.54) is 4.57 Å². The van der Waals surface area contributed by atoms with Crippen LogP contribution < -0.4 is 21.6 Å². The molecule has 0 amide bonds. The Morgan fingerprint density at radius 2 is 1.86 bits per heavy atom. The number of fused-ring (bicyclic) bond motifs is 4. The summed E-state index contributed by atoms with van der Waals surface area (Å²) in [6.07, 6.45) is 5.51. The first-order valence-electron chi connectivity index (χ1n) is 12.4. The number of aromatic nitrogens is 4. The zero-order valence-corrected chi connectivity index (χ0v) is 20.6. The molecule has 1 aromatic carbocycles. The quantitative estimate of drug-likeness (QED) is 0.295. The van der Waals surface area contributed by atoms with Crippen molar-refractivity contribution < 1.29 is 13.9 Å². The van der Waals surface area contributed by atoms with Crippen LogP contribution in [-0.2, 0) is 37.3 Å². The summed E-state index contributed by atoms with van der Waals surface area (Å²) in [6.45, 7) is 3.17. The Hall–Kier alpha value is -3.66. The number of hydrogen-bond donors (Lipinski definition) is 1. The van der Waals surface area contributed by atoms with Crippen LogP contribution in [0.2, 0.25) is 0 Å². The molecule has 5 rings (SSSR count). The van der Waals surface area contributed by atoms with Crippen LogP contribution >= 0.6 is 0 Å². The fourth-order valence-corrected chi connectivity index (χ4v) is 5.02. The van der Waals surface area contributed by atoms with Gasteiger partial charge >= 0.3 is 11.3 Å². The van der Waals surface area contributed by atoms with Gasteiger partial charge in [-0.15, -0.1) is 0 Å². The van der Waals surface area contributed by atoms with E-state index in [2.05, 4.69) is 9.97 Å². The van der Waals surface area contributed by atoms with Crippen molar-refractivity contribution in [2.24, 2.45) is 0 Å². The molecule has 0 atom stereocenters. The largest absolute Gasteiger partial charge is 0.486 e. The molecular weight excluding hydrogens is 464 g/mol. The molecule has 1 N–H and O–H groups in total. The molecule has 0 saturated heterocycles. The van der Waals surface area contributed by atoms with Gasteiger partial charge in [-0.2, -0.15) is 0 Å². The maximum Gasteiger partial charge on any atom is 0.339 e. The first kappa shape index (κ1) is 24.1. The third-order valence-corrected chi connectivity index (χ3v) is 6.74. The van der Waals surface area contributed by atoms with Gasteiger partial charge in [0.15, 0.2) is 11.2 Å². The van der Waals surface area contributed by atoms with E-state index < -0.39 is 11.2 Å². The molecule has 10 heteroatoms. The van der Waals surface area contributed by atoms with Crippen molar-refractivity contribution in [2.45, 2.75) is 65.1 Å². The van der Waals surface area contributed by atoms with E-state index >= 15 is 0 Å². The van der Waals surface area contributed by atoms with Crippen LogP contribution in [-0.4, -0.2) is 32.8 Å². The Kier molecular flexibility index (Phi) is 6.77. The molecule has 190 valence electrons. The lowest BCUT2D eigenvalue weighted by Gasteiger charge is -2.12. The topological polar surface area (TPSA) is 121 Å². The number of benzene rings is 1. The molecule has 0 unspecified atom stereocenters. The number of imidazole rings is 1. The predicted molar refractivity (Wildman–Crippen MR) is 135 cm³/mol. The van der Waals surface area contributed by atoms with Gasteiger partial charge < -0.3 is 18.5 Å². The summed E-state index contributed by atoms with van der Waals surface area (Å²) in [5.41, 5.74) is 1.76. The second-order valence-electron chi connectivity index (χ2n) is 9.11. The van der Waals surface area contributed by atoms with Crippen LogP contribution in [0.15, 0.2) is 37.0 Å². The maximum absolute atomic E-state index is 12.7. The third-order valence-electron chi connectivity index (χ3n) is 6.74. The highest BCUT2D eigenvalue weighted by atomic mass is 16.5. The van der Waals surface area contributed by atoms with Gasteiger partial charge in [-0.25, -0.2) is 14.6 Å². The summed E-state index contributed by atoms with van der Waals surface area (Å²) < 4.78 is 20.1. The van der Waals surface area contributed by atoms with Crippen molar-refractivity contribution in [1.29, 1.82) is 0 Å². The molecule has 0 saturated carbocycles. The molecule has 0 bridgehead atoms. The number of hydrogen-bond acceptors (Lipinski definition) is 7. The number of rotatable bonds is 8. The summed E-state index contributed by atoms with van der Waals surface area (Å²) in [5.74, 6) is 1.01. The summed E-state index contributed by atoms with van der Waals surface area (Å²) >= 11 is 0. The van der Waals surface area contributed by atoms with Crippen LogP contribution in [0, 0.1) is 0 Å². The number of aromatic amines is 1. The van der Waals surface area contributed by atoms with Gasteiger partial charge in [0.2, 0.25) is 0 Å². The first-order chi connectivity index (χ1) is 17.5. The molecule has 0 spiro atoms. The highest BCUT2D eigenvalue weighted by molar-refractivity contribution is 5.82. The Bertz CT molecular complexity index is 1590. The van der Waals surface area contributed by atoms with Crippen molar-refractivity contribution in [3.05, 3.63) is 66.4 Å². The van der Waals surface area contributed by atoms with E-state index in [-0.39, 0.29) is 12.2 Å². The van der Waals surface area contributed by atoms with Crippen molar-refractivity contribution in [3.63, 3.8) is 0 Å². The smallest absolute Gasteiger partial charge is 0.339 e. The van der Waals surface area contributed by atoms with Crippen LogP contribution in [0.25, 0.3) is 22.1 Å². The normalized spacial score (nSPS) is 13.7. The van der Waals surface area contributed by atoms with Gasteiger partial charge in [-0.05, 0) is 49.8 Å². The van der Waals surface area contributed by atoms with Crippen LogP contribution in [0.1, 0.15) is 49.6 Å². The third kappa shape index (κ3) is 4.37. The lowest BCUT2D eigenvalue weighted by molar-refractivity contribution is 0.185. The van der Waals surface area contributed by atoms with Crippen LogP contribution in [0.4, 0.5) is 0 Å². The van der Waals surface area contributed by atoms with E-state index in [4.69, 9.17) is 13.9 Å². The molecule has 36 heavy (non-hydrogen) atoms. The fourth-order valence-electron chi connectivity index (χ4n) is 5.02. The standard InChI is InChI=1S/C26H30N4O6/c1-3-11-30-23-22(24(31)28-26(30)33)29(12-13-34-2)21(27-23)15-35-16-9-10-18-17-7-5-4-6-8-19(17)25(32)36-20(18)14-16/h9-10,14H,3-8,11-13,15H2,1-2H3,(H,28,31,33). The highest BCUT2D eigenvalue weighted by Crippen LogP contribution is 2.29. The monoisotopic (exact) mass is 494 g/mol. The lowest BCUT2D eigenvalue weighted by atomic mass is 10.0. The van der Waals surface area contributed by atoms with E-state index in [0.717, 1.165) is 48.6 Å². The average Bonchev–Trinajstić information content (AvgIpc) is 3.04. The molecule has 1 aliphatic rings. The number of nitrogens with one attached hydrogen (secondary N) is 1. The van der Waals surface area contributed by atoms with Crippen LogP contribution in [0.3, 0.4) is 0 Å². The van der Waals surface area contributed by atoms with Gasteiger partial charge in [-0.1, -0.05) is 13.3 Å². The molecular formula is C26H30N4O6. The molecule has 3 aromatic heterocycles. The summed E-state index contributed by atoms with van der Waals surface area (Å²) in [7, 11) is 1.58. The zero-order chi connectivity index (χ0) is 25.2. The lowest BCUT2D eigenvalue weighted by Crippen LogP contribution is -2.31. The molecule has 0 radical (unpaired) electrons. The van der Waals surface area contributed by atoms with Crippen molar-refractivity contribution in [1.82, 2.24) is 19.1 Å². The predicted octanol–water partition coefficient (Wildman–Crippen LogP) is 2.90. The Morgan fingerprint density at radius 1 is 1.06 bits per heavy atom. The molecule has 10 nitrogen and oxygen atoms in total. The van der Waals surface area contributed by atoms with Gasteiger partial charge in [0.1, 0.15) is 23.8 Å². The molecule has 3 heterocycles. The molecule has 4 aromatic rings. The van der Waals surface area contributed by atoms with Crippen molar-refractivity contribution in [2.75, 3.05) is 13.7 Å². The molecule has 0 fully saturated rings. The highest BCUT2D eigenvalue weighted by Gasteiger charge is 2.20. The Balaban J connectivity index is 1.51. The maximum atomic E-state index is 12.7. The number of aryl methyl sites for hydroxylation is 2. The molecule has 1 aliphatic carbocycles. The van der Waals surface area contributed by atoms with E-state index in [1.807, 2.05) is 19.1 Å². The van der Waals surface area contributed by atoms with Gasteiger partial charge in [0.25, 0.3) is 5.56 Å². The Labute approximate surface area is 206 Å². The second kappa shape index (κ2) is 10.1. The minimum Gasteiger partial charge on any atom is -0.486 e. The number of H-pyrrole nitrogens is 1. The fraction of sp³-hybridized carbons (Fsp3) is 0.462. The van der Waals surface area contributed by atoms with Gasteiger partial charge in [0, 0.05) is 37.2 Å². The molecule has 0 aliphatic heterocycles. The van der Waals surface area contributed by atoms with E-state index in [0.29, 0.717) is 54.4 Å². The van der Waals surface area contributed by atoms with E-state index in [9.17, 15) is 14.4 Å². The number of ether oxygens (including phenoxy) is 2.